The maximum absolute atomic E-state index is 4.23. The molecule has 0 N–H and O–H groups in total. The van der Waals surface area contributed by atoms with Gasteiger partial charge in [0.15, 0.2) is 0 Å². The molecule has 0 aliphatic carbocycles. The summed E-state index contributed by atoms with van der Waals surface area (Å²) in [4.78, 5) is 12.7. The molecule has 0 atom stereocenters. The number of hydrogen-bond acceptors (Lipinski definition) is 6. The molecule has 0 saturated heterocycles. The number of hydrogen-bond donors (Lipinski definition) is 0. The van der Waals surface area contributed by atoms with Crippen LogP contribution in [0.3, 0.4) is 0 Å². The Bertz CT molecular complexity index is 1630. The molecule has 0 spiro atoms. The van der Waals surface area contributed by atoms with E-state index in [0.29, 0.717) is 0 Å². The van der Waals surface area contributed by atoms with E-state index in [4.69, 9.17) is 0 Å². The molecule has 4 aromatic carbocycles. The molecular formula is C39H37IrN6. The molecule has 0 aromatic heterocycles. The summed E-state index contributed by atoms with van der Waals surface area (Å²) >= 11 is 0. The van der Waals surface area contributed by atoms with Gasteiger partial charge in [0, 0.05) is 44.9 Å². The summed E-state index contributed by atoms with van der Waals surface area (Å²) in [6, 6.07) is 41.9. The molecule has 0 fully saturated rings. The van der Waals surface area contributed by atoms with Crippen molar-refractivity contribution in [1.29, 1.82) is 0 Å². The van der Waals surface area contributed by atoms with E-state index in [-0.39, 0.29) is 20.1 Å². The van der Waals surface area contributed by atoms with Crippen LogP contribution in [0.5, 0.6) is 0 Å². The van der Waals surface area contributed by atoms with Crippen molar-refractivity contribution in [2.24, 2.45) is 0 Å². The van der Waals surface area contributed by atoms with Crippen LogP contribution in [0.2, 0.25) is 0 Å². The third-order valence-electron chi connectivity index (χ3n) is 8.03. The van der Waals surface area contributed by atoms with Crippen molar-refractivity contribution < 1.29 is 20.1 Å². The standard InChI is InChI=1S/C24H24N4.C15H13N2.Ir/c1-21-25(17-19-27(21)23-11-5-3-6-12-23)15-9-10-16-26-18-20-28(22(26)2)24-13-7-4-8-14-24;1-12-16(2)14-10-6-7-11-15(14)17(12)13-8-4-3-5-9-13;/h3-8,11,13,17-20H,1-2,9-10,15-16H2;3-8,10-11H,1H2,2H3;/q-2;-1;+3. The zero-order valence-electron chi connectivity index (χ0n) is 26.0. The summed E-state index contributed by atoms with van der Waals surface area (Å²) in [5.41, 5.74) is 5.39. The molecule has 0 saturated carbocycles. The number of benzene rings is 4. The third kappa shape index (κ3) is 6.81. The van der Waals surface area contributed by atoms with Crippen molar-refractivity contribution in [1.82, 2.24) is 9.80 Å². The van der Waals surface area contributed by atoms with Crippen LogP contribution in [-0.4, -0.2) is 29.9 Å². The SMILES string of the molecule is C=C1N(C)c2ccccc2N1c1[c-]cccc1.C=C1N(CCCCN2C=CN(c3[c-]cccc3)C2=C)C=CN1c1[c-]cccc1.[Ir+3]. The predicted octanol–water partition coefficient (Wildman–Crippen LogP) is 8.44. The van der Waals surface area contributed by atoms with E-state index in [1.165, 1.54) is 5.69 Å². The molecule has 4 aromatic rings. The van der Waals surface area contributed by atoms with E-state index in [1.807, 2.05) is 104 Å². The molecule has 3 heterocycles. The van der Waals surface area contributed by atoms with Crippen LogP contribution in [0, 0.1) is 18.2 Å². The Morgan fingerprint density at radius 1 is 0.522 bits per heavy atom. The summed E-state index contributed by atoms with van der Waals surface area (Å²) in [7, 11) is 2.03. The fraction of sp³-hybridized carbons (Fsp3) is 0.128. The Kier molecular flexibility index (Phi) is 10.5. The van der Waals surface area contributed by atoms with Crippen molar-refractivity contribution in [3.8, 4) is 0 Å². The molecule has 232 valence electrons. The van der Waals surface area contributed by atoms with Gasteiger partial charge in [0.25, 0.3) is 0 Å². The van der Waals surface area contributed by atoms with Crippen molar-refractivity contribution in [3.05, 3.63) is 177 Å². The van der Waals surface area contributed by atoms with E-state index in [1.54, 1.807) is 0 Å². The van der Waals surface area contributed by atoms with Crippen LogP contribution in [-0.2, 0) is 20.1 Å². The number of anilines is 5. The van der Waals surface area contributed by atoms with E-state index in [9.17, 15) is 0 Å². The average molecular weight is 782 g/mol. The fourth-order valence-corrected chi connectivity index (χ4v) is 5.55. The molecule has 3 aliphatic heterocycles. The van der Waals surface area contributed by atoms with Crippen LogP contribution in [0.4, 0.5) is 28.4 Å². The molecule has 7 heteroatoms. The van der Waals surface area contributed by atoms with E-state index < -0.39 is 0 Å². The van der Waals surface area contributed by atoms with Crippen molar-refractivity contribution in [2.75, 3.05) is 39.7 Å². The minimum atomic E-state index is 0. The molecule has 7 rings (SSSR count). The third-order valence-corrected chi connectivity index (χ3v) is 8.03. The predicted molar refractivity (Wildman–Crippen MR) is 186 cm³/mol. The monoisotopic (exact) mass is 782 g/mol. The van der Waals surface area contributed by atoms with Gasteiger partial charge in [-0.2, -0.15) is 72.8 Å². The zero-order chi connectivity index (χ0) is 31.2. The molecule has 6 nitrogen and oxygen atoms in total. The first-order valence-electron chi connectivity index (χ1n) is 15.1. The van der Waals surface area contributed by atoms with Gasteiger partial charge in [-0.25, -0.2) is 0 Å². The zero-order valence-corrected chi connectivity index (χ0v) is 28.4. The number of nitrogens with zero attached hydrogens (tertiary/aromatic N) is 6. The summed E-state index contributed by atoms with van der Waals surface area (Å²) < 4.78 is 0. The Hall–Kier alpha value is -4.97. The van der Waals surface area contributed by atoms with Crippen molar-refractivity contribution >= 4 is 28.4 Å². The van der Waals surface area contributed by atoms with Gasteiger partial charge in [0.2, 0.25) is 0 Å². The molecule has 3 aliphatic rings. The largest absolute Gasteiger partial charge is 3.00 e. The van der Waals surface area contributed by atoms with Crippen LogP contribution in [0.15, 0.2) is 159 Å². The second-order valence-corrected chi connectivity index (χ2v) is 10.8. The number of fused-ring (bicyclic) bond motifs is 1. The summed E-state index contributed by atoms with van der Waals surface area (Å²) in [5.74, 6) is 2.89. The van der Waals surface area contributed by atoms with Crippen LogP contribution >= 0.6 is 0 Å². The van der Waals surface area contributed by atoms with Gasteiger partial charge in [-0.15, -0.1) is 18.2 Å². The quantitative estimate of drug-likeness (QED) is 0.131. The molecular weight excluding hydrogens is 745 g/mol. The summed E-state index contributed by atoms with van der Waals surface area (Å²) in [6.07, 6.45) is 10.4. The first-order chi connectivity index (χ1) is 22.0. The molecule has 0 unspecified atom stereocenters. The summed E-state index contributed by atoms with van der Waals surface area (Å²) in [5, 5.41) is 0. The van der Waals surface area contributed by atoms with Gasteiger partial charge in [0.1, 0.15) is 17.5 Å². The Balaban J connectivity index is 0.000000198. The van der Waals surface area contributed by atoms with Crippen molar-refractivity contribution in [3.63, 3.8) is 0 Å². The normalized spacial score (nSPS) is 14.9. The Morgan fingerprint density at radius 2 is 0.957 bits per heavy atom. The van der Waals surface area contributed by atoms with Gasteiger partial charge in [-0.1, -0.05) is 48.9 Å². The maximum Gasteiger partial charge on any atom is 3.00 e. The van der Waals surface area contributed by atoms with Gasteiger partial charge in [0.05, 0.1) is 11.4 Å². The second kappa shape index (κ2) is 14.9. The Morgan fingerprint density at radius 3 is 1.41 bits per heavy atom. The minimum absolute atomic E-state index is 0. The van der Waals surface area contributed by atoms with Gasteiger partial charge >= 0.3 is 20.1 Å². The first-order valence-corrected chi connectivity index (χ1v) is 15.1. The van der Waals surface area contributed by atoms with Crippen LogP contribution < -0.4 is 19.6 Å². The minimum Gasteiger partial charge on any atom is -0.333 e. The average Bonchev–Trinajstić information content (AvgIpc) is 3.73. The van der Waals surface area contributed by atoms with Gasteiger partial charge in [-0.3, -0.25) is 0 Å². The molecule has 0 radical (unpaired) electrons. The molecule has 46 heavy (non-hydrogen) atoms. The maximum atomic E-state index is 4.23. The molecule has 0 bridgehead atoms. The van der Waals surface area contributed by atoms with Gasteiger partial charge in [-0.05, 0) is 25.0 Å². The van der Waals surface area contributed by atoms with E-state index >= 15 is 0 Å². The molecule has 0 amide bonds. The first kappa shape index (κ1) is 32.4. The van der Waals surface area contributed by atoms with E-state index in [2.05, 4.69) is 91.9 Å². The van der Waals surface area contributed by atoms with Crippen LogP contribution in [0.1, 0.15) is 12.8 Å². The number of para-hydroxylation sites is 5. The summed E-state index contributed by atoms with van der Waals surface area (Å²) in [6.45, 7) is 14.5. The Labute approximate surface area is 287 Å². The second-order valence-electron chi connectivity index (χ2n) is 10.8. The number of unbranched alkanes of at least 4 members (excludes halogenated alkanes) is 1. The van der Waals surface area contributed by atoms with Crippen LogP contribution in [0.25, 0.3) is 0 Å². The topological polar surface area (TPSA) is 19.4 Å². The van der Waals surface area contributed by atoms with E-state index in [0.717, 1.165) is 66.1 Å². The van der Waals surface area contributed by atoms with Gasteiger partial charge < -0.3 is 29.4 Å². The number of rotatable bonds is 8. The van der Waals surface area contributed by atoms with Crippen molar-refractivity contribution in [2.45, 2.75) is 12.8 Å². The smallest absolute Gasteiger partial charge is 0.333 e. The fourth-order valence-electron chi connectivity index (χ4n) is 5.55.